The Morgan fingerprint density at radius 2 is 2.20 bits per heavy atom. The lowest BCUT2D eigenvalue weighted by molar-refractivity contribution is 0.411. The van der Waals surface area contributed by atoms with Gasteiger partial charge in [-0.2, -0.15) is 0 Å². The molecule has 15 heavy (non-hydrogen) atoms. The second-order valence-electron chi connectivity index (χ2n) is 4.10. The number of rotatable bonds is 1. The highest BCUT2D eigenvalue weighted by molar-refractivity contribution is 6.31. The molecule has 82 valence electrons. The van der Waals surface area contributed by atoms with E-state index in [0.29, 0.717) is 5.56 Å². The maximum Gasteiger partial charge on any atom is 0.145 e. The minimum absolute atomic E-state index is 0.223. The molecule has 1 aliphatic heterocycles. The maximum atomic E-state index is 13.6. The molecule has 1 aromatic carbocycles. The third-order valence-electron chi connectivity index (χ3n) is 2.99. The van der Waals surface area contributed by atoms with Crippen LogP contribution in [0.2, 0.25) is 5.02 Å². The average Bonchev–Trinajstić information content (AvgIpc) is 2.27. The van der Waals surface area contributed by atoms with Gasteiger partial charge in [0.1, 0.15) is 5.82 Å². The summed E-state index contributed by atoms with van der Waals surface area (Å²) in [7, 11) is 0. The van der Waals surface area contributed by atoms with Gasteiger partial charge in [-0.25, -0.2) is 4.39 Å². The van der Waals surface area contributed by atoms with Crippen LogP contribution in [0.5, 0.6) is 0 Å². The molecule has 1 heterocycles. The lowest BCUT2D eigenvalue weighted by Crippen LogP contribution is -2.27. The zero-order chi connectivity index (χ0) is 10.8. The summed E-state index contributed by atoms with van der Waals surface area (Å²) in [5.74, 6) is -0.276. The summed E-state index contributed by atoms with van der Waals surface area (Å²) in [6.45, 7) is 2.73. The third kappa shape index (κ3) is 2.16. The Hall–Kier alpha value is -0.600. The summed E-state index contributed by atoms with van der Waals surface area (Å²) in [6.07, 6.45) is 3.42. The number of nitrogens with one attached hydrogen (secondary N) is 1. The molecule has 0 amide bonds. The molecular formula is C12H15ClFN. The predicted octanol–water partition coefficient (Wildman–Crippen LogP) is 3.60. The Balaban J connectivity index is 2.31. The van der Waals surface area contributed by atoms with Gasteiger partial charge in [-0.05, 0) is 37.4 Å². The molecule has 0 aliphatic carbocycles. The first-order valence-electron chi connectivity index (χ1n) is 5.38. The van der Waals surface area contributed by atoms with E-state index in [1.54, 1.807) is 13.0 Å². The number of hydrogen-bond donors (Lipinski definition) is 1. The van der Waals surface area contributed by atoms with E-state index >= 15 is 0 Å². The summed E-state index contributed by atoms with van der Waals surface area (Å²) in [5.41, 5.74) is 1.51. The third-order valence-corrected chi connectivity index (χ3v) is 3.38. The van der Waals surface area contributed by atoms with Crippen molar-refractivity contribution in [1.82, 2.24) is 5.32 Å². The highest BCUT2D eigenvalue weighted by atomic mass is 35.5. The number of piperidine rings is 1. The van der Waals surface area contributed by atoms with Crippen LogP contribution in [0.25, 0.3) is 0 Å². The van der Waals surface area contributed by atoms with E-state index in [1.807, 2.05) is 6.07 Å². The van der Waals surface area contributed by atoms with Gasteiger partial charge in [0.15, 0.2) is 0 Å². The molecule has 0 spiro atoms. The lowest BCUT2D eigenvalue weighted by Gasteiger charge is -2.25. The smallest absolute Gasteiger partial charge is 0.145 e. The molecule has 1 aliphatic rings. The Morgan fingerprint density at radius 3 is 2.87 bits per heavy atom. The quantitative estimate of drug-likeness (QED) is 0.773. The van der Waals surface area contributed by atoms with Gasteiger partial charge in [0.2, 0.25) is 0 Å². The first-order valence-corrected chi connectivity index (χ1v) is 5.76. The highest BCUT2D eigenvalue weighted by Crippen LogP contribution is 2.31. The molecule has 0 saturated carbocycles. The lowest BCUT2D eigenvalue weighted by atomic mass is 9.96. The van der Waals surface area contributed by atoms with Crippen LogP contribution in [0.3, 0.4) is 0 Å². The number of hydrogen-bond acceptors (Lipinski definition) is 1. The Kier molecular flexibility index (Phi) is 3.27. The van der Waals surface area contributed by atoms with Crippen LogP contribution in [0.4, 0.5) is 4.39 Å². The van der Waals surface area contributed by atoms with Gasteiger partial charge in [-0.1, -0.05) is 30.2 Å². The summed E-state index contributed by atoms with van der Waals surface area (Å²) in [4.78, 5) is 0. The van der Waals surface area contributed by atoms with Crippen molar-refractivity contribution in [2.45, 2.75) is 32.2 Å². The molecule has 1 aromatic rings. The van der Waals surface area contributed by atoms with E-state index in [4.69, 9.17) is 11.6 Å². The normalized spacial score (nSPS) is 21.7. The maximum absolute atomic E-state index is 13.6. The molecule has 1 saturated heterocycles. The van der Waals surface area contributed by atoms with E-state index in [2.05, 4.69) is 5.32 Å². The largest absolute Gasteiger partial charge is 0.310 e. The summed E-state index contributed by atoms with van der Waals surface area (Å²) < 4.78 is 13.6. The van der Waals surface area contributed by atoms with E-state index in [9.17, 15) is 4.39 Å². The zero-order valence-electron chi connectivity index (χ0n) is 8.82. The van der Waals surface area contributed by atoms with Crippen molar-refractivity contribution in [3.8, 4) is 0 Å². The number of benzene rings is 1. The molecule has 3 heteroatoms. The van der Waals surface area contributed by atoms with Crippen molar-refractivity contribution in [2.75, 3.05) is 6.54 Å². The fourth-order valence-corrected chi connectivity index (χ4v) is 2.39. The summed E-state index contributed by atoms with van der Waals surface area (Å²) in [6, 6.07) is 3.96. The molecule has 1 fully saturated rings. The van der Waals surface area contributed by atoms with Gasteiger partial charge in [0.05, 0.1) is 5.02 Å². The van der Waals surface area contributed by atoms with Crippen molar-refractivity contribution in [3.05, 3.63) is 34.1 Å². The van der Waals surface area contributed by atoms with Gasteiger partial charge in [-0.15, -0.1) is 0 Å². The Labute approximate surface area is 94.6 Å². The zero-order valence-corrected chi connectivity index (χ0v) is 9.57. The van der Waals surface area contributed by atoms with Gasteiger partial charge in [0.25, 0.3) is 0 Å². The SMILES string of the molecule is Cc1ccc(C2CCCCN2)c(Cl)c1F. The molecule has 1 atom stereocenters. The van der Waals surface area contributed by atoms with Crippen LogP contribution >= 0.6 is 11.6 Å². The molecule has 2 rings (SSSR count). The van der Waals surface area contributed by atoms with Gasteiger partial charge >= 0.3 is 0 Å². The summed E-state index contributed by atoms with van der Waals surface area (Å²) >= 11 is 6.02. The van der Waals surface area contributed by atoms with Crippen LogP contribution < -0.4 is 5.32 Å². The van der Waals surface area contributed by atoms with Crippen LogP contribution in [0, 0.1) is 12.7 Å². The molecule has 0 aromatic heterocycles. The van der Waals surface area contributed by atoms with Gasteiger partial charge in [0, 0.05) is 6.04 Å². The van der Waals surface area contributed by atoms with E-state index in [0.717, 1.165) is 18.5 Å². The van der Waals surface area contributed by atoms with Crippen molar-refractivity contribution < 1.29 is 4.39 Å². The minimum atomic E-state index is -0.276. The van der Waals surface area contributed by atoms with E-state index in [1.165, 1.54) is 12.8 Å². The van der Waals surface area contributed by atoms with Crippen LogP contribution in [-0.2, 0) is 0 Å². The van der Waals surface area contributed by atoms with Crippen LogP contribution in [0.15, 0.2) is 12.1 Å². The monoisotopic (exact) mass is 227 g/mol. The van der Waals surface area contributed by atoms with Crippen molar-refractivity contribution in [2.24, 2.45) is 0 Å². The van der Waals surface area contributed by atoms with Crippen molar-refractivity contribution >= 4 is 11.6 Å². The molecule has 1 N–H and O–H groups in total. The van der Waals surface area contributed by atoms with Gasteiger partial charge in [-0.3, -0.25) is 0 Å². The standard InChI is InChI=1S/C12H15ClFN/c1-8-5-6-9(11(13)12(8)14)10-4-2-3-7-15-10/h5-6,10,15H,2-4,7H2,1H3. The number of aryl methyl sites for hydroxylation is 1. The fourth-order valence-electron chi connectivity index (χ4n) is 2.05. The molecule has 1 unspecified atom stereocenters. The van der Waals surface area contributed by atoms with E-state index in [-0.39, 0.29) is 16.9 Å². The van der Waals surface area contributed by atoms with Crippen molar-refractivity contribution in [1.29, 1.82) is 0 Å². The highest BCUT2D eigenvalue weighted by Gasteiger charge is 2.19. The Morgan fingerprint density at radius 1 is 1.40 bits per heavy atom. The molecular weight excluding hydrogens is 213 g/mol. The number of halogens is 2. The minimum Gasteiger partial charge on any atom is -0.310 e. The second kappa shape index (κ2) is 4.50. The predicted molar refractivity (Wildman–Crippen MR) is 60.7 cm³/mol. The fraction of sp³-hybridized carbons (Fsp3) is 0.500. The Bertz CT molecular complexity index is 359. The second-order valence-corrected chi connectivity index (χ2v) is 4.48. The van der Waals surface area contributed by atoms with Crippen molar-refractivity contribution in [3.63, 3.8) is 0 Å². The van der Waals surface area contributed by atoms with E-state index < -0.39 is 0 Å². The summed E-state index contributed by atoms with van der Waals surface area (Å²) in [5, 5.41) is 3.66. The molecule has 1 nitrogen and oxygen atoms in total. The topological polar surface area (TPSA) is 12.0 Å². The first-order chi connectivity index (χ1) is 7.20. The first kappa shape index (κ1) is 10.9. The van der Waals surface area contributed by atoms with Crippen LogP contribution in [0.1, 0.15) is 36.4 Å². The molecule has 0 bridgehead atoms. The molecule has 0 radical (unpaired) electrons. The van der Waals surface area contributed by atoms with Gasteiger partial charge < -0.3 is 5.32 Å². The van der Waals surface area contributed by atoms with Crippen LogP contribution in [-0.4, -0.2) is 6.54 Å². The average molecular weight is 228 g/mol.